The van der Waals surface area contributed by atoms with Crippen LogP contribution < -0.4 is 5.32 Å². The van der Waals surface area contributed by atoms with Crippen LogP contribution in [0.1, 0.15) is 59.3 Å². The van der Waals surface area contributed by atoms with Gasteiger partial charge in [-0.2, -0.15) is 9.28 Å². The van der Waals surface area contributed by atoms with E-state index in [1.807, 2.05) is 0 Å². The lowest BCUT2D eigenvalue weighted by Crippen LogP contribution is -2.61. The molecular formula is C19H31N2O6S+. The molecule has 1 aliphatic carbocycles. The Hall–Kier alpha value is -1.61. The van der Waals surface area contributed by atoms with Gasteiger partial charge in [-0.3, -0.25) is 4.79 Å². The van der Waals surface area contributed by atoms with E-state index < -0.39 is 40.6 Å². The minimum atomic E-state index is -1.24. The van der Waals surface area contributed by atoms with E-state index in [1.165, 1.54) is 13.3 Å². The molecule has 158 valence electrons. The van der Waals surface area contributed by atoms with Gasteiger partial charge < -0.3 is 15.2 Å². The molecular weight excluding hydrogens is 384 g/mol. The maximum absolute atomic E-state index is 13.0. The van der Waals surface area contributed by atoms with Gasteiger partial charge in [0.25, 0.3) is 0 Å². The Morgan fingerprint density at radius 3 is 2.43 bits per heavy atom. The molecule has 2 N–H and O–H groups in total. The number of quaternary nitrogens is 1. The van der Waals surface area contributed by atoms with Gasteiger partial charge in [-0.25, -0.2) is 9.59 Å². The fourth-order valence-electron chi connectivity index (χ4n) is 4.20. The van der Waals surface area contributed by atoms with Crippen molar-refractivity contribution < 1.29 is 33.5 Å². The molecule has 0 aromatic carbocycles. The normalized spacial score (nSPS) is 29.1. The molecule has 0 spiro atoms. The smallest absolute Gasteiger partial charge is 0.440 e. The van der Waals surface area contributed by atoms with Crippen LogP contribution in [-0.4, -0.2) is 63.3 Å². The molecule has 4 atom stereocenters. The van der Waals surface area contributed by atoms with E-state index in [1.54, 1.807) is 13.8 Å². The van der Waals surface area contributed by atoms with Gasteiger partial charge in [0.15, 0.2) is 11.2 Å². The minimum absolute atomic E-state index is 0.0809. The number of hydrogen-bond acceptors (Lipinski definition) is 6. The van der Waals surface area contributed by atoms with Gasteiger partial charge in [-0.1, -0.05) is 31.0 Å². The third-order valence-corrected chi connectivity index (χ3v) is 6.81. The minimum Gasteiger partial charge on any atom is -0.440 e. The Kier molecular flexibility index (Phi) is 7.88. The molecule has 28 heavy (non-hydrogen) atoms. The Morgan fingerprint density at radius 2 is 1.86 bits per heavy atom. The largest absolute Gasteiger partial charge is 0.521 e. The van der Waals surface area contributed by atoms with E-state index in [0.717, 1.165) is 37.4 Å². The number of ether oxygens (including phenoxy) is 1. The quantitative estimate of drug-likeness (QED) is 0.664. The van der Waals surface area contributed by atoms with Crippen molar-refractivity contribution in [2.45, 2.75) is 77.5 Å². The molecule has 8 nitrogen and oxygen atoms in total. The lowest BCUT2D eigenvalue weighted by molar-refractivity contribution is -0.795. The highest BCUT2D eigenvalue weighted by Crippen LogP contribution is 2.33. The molecule has 0 aromatic heterocycles. The third-order valence-electron chi connectivity index (χ3n) is 5.74. The molecule has 0 bridgehead atoms. The van der Waals surface area contributed by atoms with Crippen LogP contribution in [0.4, 0.5) is 9.59 Å². The van der Waals surface area contributed by atoms with Crippen molar-refractivity contribution in [1.82, 2.24) is 5.32 Å². The van der Waals surface area contributed by atoms with Crippen molar-refractivity contribution in [2.24, 2.45) is 5.92 Å². The van der Waals surface area contributed by atoms with E-state index in [2.05, 4.69) is 5.32 Å². The summed E-state index contributed by atoms with van der Waals surface area (Å²) in [4.78, 5) is 48.5. The predicted molar refractivity (Wildman–Crippen MR) is 105 cm³/mol. The van der Waals surface area contributed by atoms with Crippen LogP contribution in [0.2, 0.25) is 0 Å². The third kappa shape index (κ3) is 5.26. The highest BCUT2D eigenvalue weighted by molar-refractivity contribution is 8.13. The van der Waals surface area contributed by atoms with Crippen molar-refractivity contribution in [3.05, 3.63) is 0 Å². The molecule has 1 aliphatic heterocycles. The lowest BCUT2D eigenvalue weighted by atomic mass is 9.96. The van der Waals surface area contributed by atoms with Gasteiger partial charge in [0, 0.05) is 25.1 Å². The highest BCUT2D eigenvalue weighted by Gasteiger charge is 2.58. The number of nitrogens with zero attached hydrogens (tertiary/aromatic N) is 1. The average molecular weight is 416 g/mol. The first-order chi connectivity index (χ1) is 13.2. The Labute approximate surface area is 169 Å². The number of amides is 3. The summed E-state index contributed by atoms with van der Waals surface area (Å²) in [7, 11) is 0. The number of alkyl carbamates (subject to hydrolysis) is 1. The maximum Gasteiger partial charge on any atom is 0.521 e. The molecule has 1 unspecified atom stereocenters. The zero-order chi connectivity index (χ0) is 20.9. The zero-order valence-electron chi connectivity index (χ0n) is 16.8. The van der Waals surface area contributed by atoms with Crippen molar-refractivity contribution >= 4 is 35.0 Å². The molecule has 1 heterocycles. The number of carbonyl (C=O) groups is 4. The van der Waals surface area contributed by atoms with Gasteiger partial charge in [-0.05, 0) is 26.7 Å². The Morgan fingerprint density at radius 1 is 1.21 bits per heavy atom. The molecule has 2 aliphatic rings. The molecule has 2 fully saturated rings. The summed E-state index contributed by atoms with van der Waals surface area (Å²) in [5, 5.41) is 12.6. The molecule has 1 saturated heterocycles. The van der Waals surface area contributed by atoms with Crippen LogP contribution in [0.25, 0.3) is 0 Å². The summed E-state index contributed by atoms with van der Waals surface area (Å²) in [6, 6.07) is -0.411. The molecule has 0 aromatic rings. The second kappa shape index (κ2) is 9.73. The second-order valence-corrected chi connectivity index (χ2v) is 9.16. The topological polar surface area (TPSA) is 110 Å². The standard InChI is InChI=1S/C19H30N2O6S/c1-12(11-28-14(3)22)17(23)21(19(25)26)10-16(9-13(21)2)27-18(24)20-15-7-5-4-6-8-15/h12-13,15-16H,4-11H2,1-3H3,(H-,20,24,25,26)/p+1/t12?,13-,16+,21-/m1/s1. The summed E-state index contributed by atoms with van der Waals surface area (Å²) in [5.41, 5.74) is 0. The summed E-state index contributed by atoms with van der Waals surface area (Å²) in [5.74, 6) is -0.809. The highest BCUT2D eigenvalue weighted by atomic mass is 32.2. The SMILES string of the molecule is CC(=O)SCC(C)C(=O)[N@@+]1(C(=O)O)C[C@@H](OC(=O)NC2CCCCC2)C[C@H]1C. The first-order valence-corrected chi connectivity index (χ1v) is 10.9. The molecule has 2 rings (SSSR count). The number of thioether (sulfide) groups is 1. The van der Waals surface area contributed by atoms with Crippen molar-refractivity contribution in [2.75, 3.05) is 12.3 Å². The number of rotatable bonds is 5. The fraction of sp³-hybridized carbons (Fsp3) is 0.789. The zero-order valence-corrected chi connectivity index (χ0v) is 17.6. The number of likely N-dealkylation sites (tertiary alicyclic amines) is 1. The molecule has 3 amide bonds. The van der Waals surface area contributed by atoms with Crippen LogP contribution >= 0.6 is 11.8 Å². The number of nitrogens with one attached hydrogen (secondary N) is 1. The average Bonchev–Trinajstić information content (AvgIpc) is 2.96. The Bertz CT molecular complexity index is 622. The summed E-state index contributed by atoms with van der Waals surface area (Å²) in [6.07, 6.45) is 3.08. The van der Waals surface area contributed by atoms with E-state index >= 15 is 0 Å². The fourth-order valence-corrected chi connectivity index (χ4v) is 4.82. The first kappa shape index (κ1) is 22.7. The van der Waals surface area contributed by atoms with Gasteiger partial charge in [-0.15, -0.1) is 0 Å². The summed E-state index contributed by atoms with van der Waals surface area (Å²) >= 11 is 1.01. The van der Waals surface area contributed by atoms with E-state index in [4.69, 9.17) is 4.74 Å². The summed E-state index contributed by atoms with van der Waals surface area (Å²) < 4.78 is 4.71. The monoisotopic (exact) mass is 415 g/mol. The van der Waals surface area contributed by atoms with Gasteiger partial charge in [0.05, 0.1) is 5.92 Å². The maximum atomic E-state index is 13.0. The van der Waals surface area contributed by atoms with E-state index in [-0.39, 0.29) is 23.5 Å². The number of carbonyl (C=O) groups excluding carboxylic acids is 3. The van der Waals surface area contributed by atoms with E-state index in [9.17, 15) is 24.3 Å². The van der Waals surface area contributed by atoms with Crippen LogP contribution in [-0.2, 0) is 14.3 Å². The molecule has 1 saturated carbocycles. The number of imide groups is 1. The molecule has 9 heteroatoms. The van der Waals surface area contributed by atoms with Crippen molar-refractivity contribution in [1.29, 1.82) is 0 Å². The number of hydrogen-bond donors (Lipinski definition) is 2. The van der Waals surface area contributed by atoms with Crippen molar-refractivity contribution in [3.8, 4) is 0 Å². The van der Waals surface area contributed by atoms with Gasteiger partial charge in [0.2, 0.25) is 0 Å². The van der Waals surface area contributed by atoms with E-state index in [0.29, 0.717) is 6.42 Å². The van der Waals surface area contributed by atoms with Crippen LogP contribution in [0, 0.1) is 5.92 Å². The Balaban J connectivity index is 2.01. The van der Waals surface area contributed by atoms with Crippen LogP contribution in [0.5, 0.6) is 0 Å². The molecule has 0 radical (unpaired) electrons. The predicted octanol–water partition coefficient (Wildman–Crippen LogP) is 3.14. The second-order valence-electron chi connectivity index (χ2n) is 7.97. The van der Waals surface area contributed by atoms with Gasteiger partial charge >= 0.3 is 18.1 Å². The van der Waals surface area contributed by atoms with Crippen LogP contribution in [0.3, 0.4) is 0 Å². The summed E-state index contributed by atoms with van der Waals surface area (Å²) in [6.45, 7) is 4.66. The lowest BCUT2D eigenvalue weighted by Gasteiger charge is -2.31. The number of carboxylic acid groups (broad SMARTS) is 1. The van der Waals surface area contributed by atoms with Gasteiger partial charge in [0.1, 0.15) is 12.6 Å². The first-order valence-electron chi connectivity index (χ1n) is 9.93. The van der Waals surface area contributed by atoms with Crippen molar-refractivity contribution in [3.63, 3.8) is 0 Å². The van der Waals surface area contributed by atoms with Crippen LogP contribution in [0.15, 0.2) is 0 Å².